The van der Waals surface area contributed by atoms with Gasteiger partial charge in [-0.1, -0.05) is 37.3 Å². The largest absolute Gasteiger partial charge is 0.465 e. The molecule has 0 amide bonds. The lowest BCUT2D eigenvalue weighted by molar-refractivity contribution is 0.124. The van der Waals surface area contributed by atoms with E-state index in [0.717, 1.165) is 10.0 Å². The number of aliphatic hydroxyl groups excluding tert-OH is 1. The summed E-state index contributed by atoms with van der Waals surface area (Å²) >= 11 is 3.35. The first-order valence-electron chi connectivity index (χ1n) is 5.16. The van der Waals surface area contributed by atoms with Gasteiger partial charge in [-0.05, 0) is 27.6 Å². The second-order valence-electron chi connectivity index (χ2n) is 3.78. The first kappa shape index (κ1) is 11.4. The molecule has 0 aliphatic rings. The molecule has 1 aromatic heterocycles. The summed E-state index contributed by atoms with van der Waals surface area (Å²) in [6, 6.07) is 11.7. The van der Waals surface area contributed by atoms with Crippen LogP contribution in [0.1, 0.15) is 30.3 Å². The molecule has 1 aromatic carbocycles. The molecule has 2 atom stereocenters. The highest BCUT2D eigenvalue weighted by molar-refractivity contribution is 9.10. The predicted molar refractivity (Wildman–Crippen MR) is 66.2 cm³/mol. The summed E-state index contributed by atoms with van der Waals surface area (Å²) in [7, 11) is 0. The van der Waals surface area contributed by atoms with Gasteiger partial charge in [0, 0.05) is 5.92 Å². The summed E-state index contributed by atoms with van der Waals surface area (Å²) in [4.78, 5) is 0. The van der Waals surface area contributed by atoms with Crippen LogP contribution in [0.25, 0.3) is 0 Å². The maximum Gasteiger partial charge on any atom is 0.146 e. The van der Waals surface area contributed by atoms with Crippen molar-refractivity contribution in [2.45, 2.75) is 18.9 Å². The van der Waals surface area contributed by atoms with E-state index in [1.165, 1.54) is 0 Å². The fourth-order valence-corrected chi connectivity index (χ4v) is 2.12. The van der Waals surface area contributed by atoms with E-state index in [4.69, 9.17) is 4.42 Å². The van der Waals surface area contributed by atoms with E-state index in [1.54, 1.807) is 12.3 Å². The quantitative estimate of drug-likeness (QED) is 0.926. The van der Waals surface area contributed by atoms with Crippen LogP contribution in [0.2, 0.25) is 0 Å². The Bertz CT molecular complexity index is 450. The predicted octanol–water partition coefficient (Wildman–Crippen LogP) is 3.88. The average molecular weight is 281 g/mol. The van der Waals surface area contributed by atoms with Gasteiger partial charge in [-0.25, -0.2) is 0 Å². The summed E-state index contributed by atoms with van der Waals surface area (Å²) in [6.45, 7) is 1.98. The molecule has 0 spiro atoms. The van der Waals surface area contributed by atoms with Crippen LogP contribution in [0.15, 0.2) is 51.6 Å². The lowest BCUT2D eigenvalue weighted by Crippen LogP contribution is -2.07. The van der Waals surface area contributed by atoms with Crippen molar-refractivity contribution in [1.29, 1.82) is 0 Å². The molecule has 0 saturated heterocycles. The Morgan fingerprint density at radius 2 is 1.88 bits per heavy atom. The highest BCUT2D eigenvalue weighted by Gasteiger charge is 2.22. The molecule has 1 N–H and O–H groups in total. The van der Waals surface area contributed by atoms with E-state index in [2.05, 4.69) is 15.9 Å². The number of hydrogen-bond acceptors (Lipinski definition) is 2. The molecule has 0 radical (unpaired) electrons. The molecule has 84 valence electrons. The van der Waals surface area contributed by atoms with Gasteiger partial charge in [-0.3, -0.25) is 0 Å². The zero-order valence-electron chi connectivity index (χ0n) is 8.93. The van der Waals surface area contributed by atoms with Crippen LogP contribution in [0.5, 0.6) is 0 Å². The van der Waals surface area contributed by atoms with Gasteiger partial charge < -0.3 is 9.52 Å². The molecule has 0 saturated carbocycles. The van der Waals surface area contributed by atoms with Gasteiger partial charge in [0.2, 0.25) is 0 Å². The summed E-state index contributed by atoms with van der Waals surface area (Å²) in [6.07, 6.45) is 0.937. The topological polar surface area (TPSA) is 33.4 Å². The highest BCUT2D eigenvalue weighted by atomic mass is 79.9. The van der Waals surface area contributed by atoms with Crippen molar-refractivity contribution in [3.8, 4) is 0 Å². The number of hydrogen-bond donors (Lipinski definition) is 1. The van der Waals surface area contributed by atoms with Gasteiger partial charge in [0.05, 0.1) is 10.7 Å². The monoisotopic (exact) mass is 280 g/mol. The maximum atomic E-state index is 10.2. The van der Waals surface area contributed by atoms with Gasteiger partial charge in [-0.15, -0.1) is 0 Å². The van der Waals surface area contributed by atoms with Crippen LogP contribution in [-0.4, -0.2) is 5.11 Å². The van der Waals surface area contributed by atoms with E-state index in [-0.39, 0.29) is 5.92 Å². The van der Waals surface area contributed by atoms with Crippen LogP contribution in [0.3, 0.4) is 0 Å². The summed E-state index contributed by atoms with van der Waals surface area (Å²) in [5, 5.41) is 10.2. The molecule has 1 heterocycles. The van der Waals surface area contributed by atoms with Crippen molar-refractivity contribution < 1.29 is 9.52 Å². The standard InChI is InChI=1S/C13H13BrO2/c1-9(10-5-3-2-4-6-10)12(15)13-11(14)7-8-16-13/h2-9,12,15H,1H3. The van der Waals surface area contributed by atoms with Gasteiger partial charge in [0.25, 0.3) is 0 Å². The number of benzene rings is 1. The third-order valence-electron chi connectivity index (χ3n) is 2.71. The van der Waals surface area contributed by atoms with E-state index < -0.39 is 6.10 Å². The van der Waals surface area contributed by atoms with Gasteiger partial charge >= 0.3 is 0 Å². The second kappa shape index (κ2) is 4.85. The third kappa shape index (κ3) is 2.20. The molecular formula is C13H13BrO2. The minimum absolute atomic E-state index is 0.00338. The molecule has 2 aromatic rings. The lowest BCUT2D eigenvalue weighted by Gasteiger charge is -2.17. The van der Waals surface area contributed by atoms with Gasteiger partial charge in [0.15, 0.2) is 0 Å². The third-order valence-corrected chi connectivity index (χ3v) is 3.37. The van der Waals surface area contributed by atoms with Crippen LogP contribution in [0.4, 0.5) is 0 Å². The van der Waals surface area contributed by atoms with E-state index >= 15 is 0 Å². The number of aliphatic hydroxyl groups is 1. The molecule has 2 nitrogen and oxygen atoms in total. The maximum absolute atomic E-state index is 10.2. The van der Waals surface area contributed by atoms with Crippen molar-refractivity contribution >= 4 is 15.9 Å². The normalized spacial score (nSPS) is 14.7. The molecule has 2 rings (SSSR count). The van der Waals surface area contributed by atoms with Crippen molar-refractivity contribution in [2.24, 2.45) is 0 Å². The summed E-state index contributed by atoms with van der Waals surface area (Å²) in [5.74, 6) is 0.583. The second-order valence-corrected chi connectivity index (χ2v) is 4.63. The van der Waals surface area contributed by atoms with E-state index in [0.29, 0.717) is 5.76 Å². The Hall–Kier alpha value is -1.06. The Morgan fingerprint density at radius 3 is 2.44 bits per heavy atom. The molecule has 0 fully saturated rings. The first-order valence-corrected chi connectivity index (χ1v) is 5.95. The molecular weight excluding hydrogens is 268 g/mol. The van der Waals surface area contributed by atoms with Crippen LogP contribution in [-0.2, 0) is 0 Å². The summed E-state index contributed by atoms with van der Waals surface area (Å²) in [5.41, 5.74) is 1.10. The Kier molecular flexibility index (Phi) is 3.46. The molecule has 16 heavy (non-hydrogen) atoms. The fourth-order valence-electron chi connectivity index (χ4n) is 1.68. The van der Waals surface area contributed by atoms with Crippen molar-refractivity contribution in [3.63, 3.8) is 0 Å². The van der Waals surface area contributed by atoms with Gasteiger partial charge in [0.1, 0.15) is 11.9 Å². The zero-order chi connectivity index (χ0) is 11.5. The van der Waals surface area contributed by atoms with Crippen molar-refractivity contribution in [2.75, 3.05) is 0 Å². The van der Waals surface area contributed by atoms with E-state index in [9.17, 15) is 5.11 Å². The molecule has 0 bridgehead atoms. The van der Waals surface area contributed by atoms with Gasteiger partial charge in [-0.2, -0.15) is 0 Å². The smallest absolute Gasteiger partial charge is 0.146 e. The van der Waals surface area contributed by atoms with Crippen LogP contribution in [0, 0.1) is 0 Å². The highest BCUT2D eigenvalue weighted by Crippen LogP contribution is 2.34. The number of furan rings is 1. The van der Waals surface area contributed by atoms with Crippen LogP contribution >= 0.6 is 15.9 Å². The lowest BCUT2D eigenvalue weighted by atomic mass is 9.94. The Morgan fingerprint density at radius 1 is 1.19 bits per heavy atom. The minimum atomic E-state index is -0.633. The Labute approximate surface area is 103 Å². The number of halogens is 1. The SMILES string of the molecule is CC(c1ccccc1)C(O)c1occc1Br. The van der Waals surface area contributed by atoms with Crippen molar-refractivity contribution in [3.05, 3.63) is 58.5 Å². The average Bonchev–Trinajstić information content (AvgIpc) is 2.75. The fraction of sp³-hybridized carbons (Fsp3) is 0.231. The molecule has 0 aliphatic carbocycles. The first-order chi connectivity index (χ1) is 7.70. The molecule has 2 unspecified atom stereocenters. The zero-order valence-corrected chi connectivity index (χ0v) is 10.5. The Balaban J connectivity index is 2.23. The van der Waals surface area contributed by atoms with Crippen LogP contribution < -0.4 is 0 Å². The molecule has 3 heteroatoms. The molecule has 0 aliphatic heterocycles. The minimum Gasteiger partial charge on any atom is -0.465 e. The van der Waals surface area contributed by atoms with E-state index in [1.807, 2.05) is 37.3 Å². The van der Waals surface area contributed by atoms with Crippen molar-refractivity contribution in [1.82, 2.24) is 0 Å². The summed E-state index contributed by atoms with van der Waals surface area (Å²) < 4.78 is 6.08. The number of rotatable bonds is 3.